The van der Waals surface area contributed by atoms with Gasteiger partial charge in [-0.1, -0.05) is 12.1 Å². The van der Waals surface area contributed by atoms with Crippen LogP contribution in [0.5, 0.6) is 0 Å². The van der Waals surface area contributed by atoms with Crippen LogP contribution in [0.15, 0.2) is 30.3 Å². The number of benzene rings is 1. The van der Waals surface area contributed by atoms with Crippen molar-refractivity contribution >= 4 is 23.6 Å². The minimum Gasteiger partial charge on any atom is -0.452 e. The molecule has 128 valence electrons. The number of carbonyl (C=O) groups is 2. The molecule has 1 fully saturated rings. The van der Waals surface area contributed by atoms with E-state index in [4.69, 9.17) is 4.74 Å². The number of piperidine rings is 1. The third kappa shape index (κ3) is 4.65. The van der Waals surface area contributed by atoms with Gasteiger partial charge in [-0.2, -0.15) is 0 Å². The molecule has 0 bridgehead atoms. The molecule has 1 aliphatic heterocycles. The van der Waals surface area contributed by atoms with E-state index in [2.05, 4.69) is 0 Å². The van der Waals surface area contributed by atoms with Crippen LogP contribution in [0, 0.1) is 10.1 Å². The molecule has 0 aromatic heterocycles. The minimum absolute atomic E-state index is 0.0974. The van der Waals surface area contributed by atoms with Crippen LogP contribution in [0.3, 0.4) is 0 Å². The zero-order valence-electron chi connectivity index (χ0n) is 13.5. The van der Waals surface area contributed by atoms with Crippen molar-refractivity contribution in [3.63, 3.8) is 0 Å². The van der Waals surface area contributed by atoms with Crippen molar-refractivity contribution in [1.29, 1.82) is 0 Å². The Hall–Kier alpha value is -2.70. The number of nitro benzene ring substituents is 1. The number of amides is 1. The van der Waals surface area contributed by atoms with Crippen LogP contribution in [0.4, 0.5) is 5.69 Å². The maximum atomic E-state index is 12.1. The van der Waals surface area contributed by atoms with Crippen molar-refractivity contribution in [2.75, 3.05) is 13.2 Å². The van der Waals surface area contributed by atoms with Crippen LogP contribution < -0.4 is 0 Å². The van der Waals surface area contributed by atoms with Crippen LogP contribution in [-0.2, 0) is 14.3 Å². The van der Waals surface area contributed by atoms with Gasteiger partial charge in [0.25, 0.3) is 11.6 Å². The van der Waals surface area contributed by atoms with Gasteiger partial charge in [0.2, 0.25) is 0 Å². The number of hydrogen-bond donors (Lipinski definition) is 0. The van der Waals surface area contributed by atoms with E-state index >= 15 is 0 Å². The first kappa shape index (κ1) is 17.7. The number of likely N-dealkylation sites (tertiary alicyclic amines) is 1. The van der Waals surface area contributed by atoms with E-state index in [9.17, 15) is 19.7 Å². The molecule has 24 heavy (non-hydrogen) atoms. The van der Waals surface area contributed by atoms with E-state index in [1.54, 1.807) is 17.0 Å². The first-order chi connectivity index (χ1) is 11.5. The standard InChI is InChI=1S/C17H20N2O5/c1-13-6-4-5-11-18(13)16(20)12-24-17(21)10-9-14-7-2-3-8-15(14)19(22)23/h2-3,7-10,13H,4-6,11-12H2,1H3/b10-9+. The van der Waals surface area contributed by atoms with Crippen LogP contribution in [0.1, 0.15) is 31.7 Å². The van der Waals surface area contributed by atoms with E-state index in [-0.39, 0.29) is 24.2 Å². The largest absolute Gasteiger partial charge is 0.452 e. The molecule has 1 aromatic rings. The summed E-state index contributed by atoms with van der Waals surface area (Å²) in [6.45, 7) is 2.35. The molecule has 1 unspecified atom stereocenters. The normalized spacial score (nSPS) is 17.7. The number of para-hydroxylation sites is 1. The summed E-state index contributed by atoms with van der Waals surface area (Å²) in [5.74, 6) is -0.916. The van der Waals surface area contributed by atoms with Crippen molar-refractivity contribution in [3.8, 4) is 0 Å². The number of hydrogen-bond acceptors (Lipinski definition) is 5. The van der Waals surface area contributed by atoms with Crippen LogP contribution >= 0.6 is 0 Å². The zero-order chi connectivity index (χ0) is 17.5. The number of nitrogens with zero attached hydrogens (tertiary/aromatic N) is 2. The molecule has 1 aromatic carbocycles. The highest BCUT2D eigenvalue weighted by Gasteiger charge is 2.23. The lowest BCUT2D eigenvalue weighted by Gasteiger charge is -2.33. The van der Waals surface area contributed by atoms with Gasteiger partial charge in [0.05, 0.1) is 10.5 Å². The molecular weight excluding hydrogens is 312 g/mol. The van der Waals surface area contributed by atoms with Crippen LogP contribution in [0.25, 0.3) is 6.08 Å². The molecular formula is C17H20N2O5. The first-order valence-electron chi connectivity index (χ1n) is 7.87. The van der Waals surface area contributed by atoms with Crippen molar-refractivity contribution in [1.82, 2.24) is 4.90 Å². The van der Waals surface area contributed by atoms with Gasteiger partial charge in [-0.3, -0.25) is 14.9 Å². The second-order valence-corrected chi connectivity index (χ2v) is 5.69. The lowest BCUT2D eigenvalue weighted by Crippen LogP contribution is -2.44. The molecule has 1 heterocycles. The maximum absolute atomic E-state index is 12.1. The summed E-state index contributed by atoms with van der Waals surface area (Å²) >= 11 is 0. The molecule has 1 amide bonds. The Balaban J connectivity index is 1.89. The summed E-state index contributed by atoms with van der Waals surface area (Å²) in [4.78, 5) is 35.9. The fraction of sp³-hybridized carbons (Fsp3) is 0.412. The van der Waals surface area contributed by atoms with Gasteiger partial charge in [-0.25, -0.2) is 4.79 Å². The lowest BCUT2D eigenvalue weighted by atomic mass is 10.0. The molecule has 0 radical (unpaired) electrons. The van der Waals surface area contributed by atoms with Crippen molar-refractivity contribution in [3.05, 3.63) is 46.0 Å². The molecule has 2 rings (SSSR count). The SMILES string of the molecule is CC1CCCCN1C(=O)COC(=O)/C=C/c1ccccc1[N+](=O)[O-]. The number of esters is 1. The summed E-state index contributed by atoms with van der Waals surface area (Å²) < 4.78 is 4.94. The highest BCUT2D eigenvalue weighted by atomic mass is 16.6. The Morgan fingerprint density at radius 1 is 1.38 bits per heavy atom. The minimum atomic E-state index is -0.703. The predicted molar refractivity (Wildman–Crippen MR) is 88.1 cm³/mol. The smallest absolute Gasteiger partial charge is 0.331 e. The quantitative estimate of drug-likeness (QED) is 0.358. The highest BCUT2D eigenvalue weighted by Crippen LogP contribution is 2.19. The van der Waals surface area contributed by atoms with Gasteiger partial charge < -0.3 is 9.64 Å². The van der Waals surface area contributed by atoms with E-state index in [0.29, 0.717) is 12.1 Å². The molecule has 0 N–H and O–H groups in total. The van der Waals surface area contributed by atoms with Gasteiger partial charge >= 0.3 is 5.97 Å². The summed E-state index contributed by atoms with van der Waals surface area (Å²) in [7, 11) is 0. The molecule has 1 atom stereocenters. The Morgan fingerprint density at radius 2 is 2.12 bits per heavy atom. The average Bonchev–Trinajstić information content (AvgIpc) is 2.58. The number of nitro groups is 1. The van der Waals surface area contributed by atoms with Crippen molar-refractivity contribution in [2.24, 2.45) is 0 Å². The topological polar surface area (TPSA) is 89.8 Å². The fourth-order valence-corrected chi connectivity index (χ4v) is 2.69. The Kier molecular flexibility index (Phi) is 6.06. The van der Waals surface area contributed by atoms with Crippen LogP contribution in [0.2, 0.25) is 0 Å². The predicted octanol–water partition coefficient (Wildman–Crippen LogP) is 2.55. The Bertz CT molecular complexity index is 656. The van der Waals surface area contributed by atoms with Crippen LogP contribution in [-0.4, -0.2) is 40.9 Å². The first-order valence-corrected chi connectivity index (χ1v) is 7.87. The van der Waals surface area contributed by atoms with Crippen molar-refractivity contribution < 1.29 is 19.2 Å². The van der Waals surface area contributed by atoms with E-state index in [0.717, 1.165) is 25.3 Å². The maximum Gasteiger partial charge on any atom is 0.331 e. The third-order valence-electron chi connectivity index (χ3n) is 3.99. The van der Waals surface area contributed by atoms with Gasteiger partial charge in [-0.15, -0.1) is 0 Å². The lowest BCUT2D eigenvalue weighted by molar-refractivity contribution is -0.385. The molecule has 0 saturated carbocycles. The zero-order valence-corrected chi connectivity index (χ0v) is 13.5. The second-order valence-electron chi connectivity index (χ2n) is 5.69. The van der Waals surface area contributed by atoms with Gasteiger partial charge in [-0.05, 0) is 38.3 Å². The van der Waals surface area contributed by atoms with Crippen molar-refractivity contribution in [2.45, 2.75) is 32.2 Å². The molecule has 0 spiro atoms. The molecule has 7 nitrogen and oxygen atoms in total. The average molecular weight is 332 g/mol. The molecule has 7 heteroatoms. The number of rotatable bonds is 5. The fourth-order valence-electron chi connectivity index (χ4n) is 2.69. The van der Waals surface area contributed by atoms with E-state index in [1.807, 2.05) is 6.92 Å². The molecule has 1 saturated heterocycles. The third-order valence-corrected chi connectivity index (χ3v) is 3.99. The number of ether oxygens (including phenoxy) is 1. The highest BCUT2D eigenvalue weighted by molar-refractivity contribution is 5.90. The second kappa shape index (κ2) is 8.24. The molecule has 1 aliphatic rings. The van der Waals surface area contributed by atoms with Gasteiger partial charge in [0.15, 0.2) is 6.61 Å². The van der Waals surface area contributed by atoms with Gasteiger partial charge in [0.1, 0.15) is 0 Å². The monoisotopic (exact) mass is 332 g/mol. The Morgan fingerprint density at radius 3 is 2.83 bits per heavy atom. The van der Waals surface area contributed by atoms with E-state index in [1.165, 1.54) is 18.2 Å². The summed E-state index contributed by atoms with van der Waals surface area (Å²) in [6, 6.07) is 6.23. The van der Waals surface area contributed by atoms with Gasteiger partial charge in [0, 0.05) is 24.7 Å². The summed E-state index contributed by atoms with van der Waals surface area (Å²) in [5.41, 5.74) is 0.204. The number of carbonyl (C=O) groups excluding carboxylic acids is 2. The Labute approximate surface area is 140 Å². The summed E-state index contributed by atoms with van der Waals surface area (Å²) in [6.07, 6.45) is 5.42. The molecule has 0 aliphatic carbocycles. The van der Waals surface area contributed by atoms with E-state index < -0.39 is 10.9 Å². The summed E-state index contributed by atoms with van der Waals surface area (Å²) in [5, 5.41) is 10.9.